The smallest absolute Gasteiger partial charge is 0.125 e. The number of aromatic nitrogens is 3. The van der Waals surface area contributed by atoms with Crippen molar-refractivity contribution in [2.75, 3.05) is 0 Å². The second kappa shape index (κ2) is 5.39. The van der Waals surface area contributed by atoms with Crippen molar-refractivity contribution >= 4 is 22.2 Å². The van der Waals surface area contributed by atoms with E-state index in [1.54, 1.807) is 17.5 Å². The van der Waals surface area contributed by atoms with E-state index in [4.69, 9.17) is 4.98 Å². The molecule has 0 unspecified atom stereocenters. The van der Waals surface area contributed by atoms with Crippen LogP contribution >= 0.6 is 11.3 Å². The highest BCUT2D eigenvalue weighted by molar-refractivity contribution is 7.13. The maximum absolute atomic E-state index is 4.81. The van der Waals surface area contributed by atoms with Gasteiger partial charge in [-0.2, -0.15) is 0 Å². The maximum atomic E-state index is 4.81. The summed E-state index contributed by atoms with van der Waals surface area (Å²) in [7, 11) is 0. The molecule has 0 spiro atoms. The van der Waals surface area contributed by atoms with E-state index >= 15 is 0 Å². The Labute approximate surface area is 132 Å². The summed E-state index contributed by atoms with van der Waals surface area (Å²) in [6.45, 7) is 3.12. The van der Waals surface area contributed by atoms with Crippen LogP contribution in [0.15, 0.2) is 60.4 Å². The highest BCUT2D eigenvalue weighted by Crippen LogP contribution is 2.33. The van der Waals surface area contributed by atoms with Crippen LogP contribution in [0, 0.1) is 0 Å². The van der Waals surface area contributed by atoms with Gasteiger partial charge in [0.05, 0.1) is 5.69 Å². The van der Waals surface area contributed by atoms with Crippen LogP contribution in [0.3, 0.4) is 0 Å². The Balaban J connectivity index is 1.85. The molecule has 4 rings (SSSR count). The Morgan fingerprint density at radius 1 is 1.14 bits per heavy atom. The minimum Gasteiger partial charge on any atom is -0.347 e. The van der Waals surface area contributed by atoms with Crippen LogP contribution in [-0.4, -0.2) is 14.5 Å². The van der Waals surface area contributed by atoms with Crippen LogP contribution in [0.5, 0.6) is 0 Å². The SMILES string of the molecule is CCn1cc(-c2csc(-c3cccnc3)n2)c2ccccc21. The van der Waals surface area contributed by atoms with E-state index < -0.39 is 0 Å². The zero-order valence-corrected chi connectivity index (χ0v) is 13.0. The van der Waals surface area contributed by atoms with Crippen molar-refractivity contribution in [3.05, 3.63) is 60.4 Å². The van der Waals surface area contributed by atoms with Crippen molar-refractivity contribution in [2.45, 2.75) is 13.5 Å². The molecule has 0 saturated carbocycles. The second-order valence-corrected chi connectivity index (χ2v) is 5.98. The molecule has 108 valence electrons. The van der Waals surface area contributed by atoms with Crippen molar-refractivity contribution in [3.63, 3.8) is 0 Å². The van der Waals surface area contributed by atoms with Crippen molar-refractivity contribution in [2.24, 2.45) is 0 Å². The number of benzene rings is 1. The van der Waals surface area contributed by atoms with Gasteiger partial charge in [0.1, 0.15) is 5.01 Å². The monoisotopic (exact) mass is 305 g/mol. The van der Waals surface area contributed by atoms with E-state index in [1.165, 1.54) is 16.5 Å². The Kier molecular flexibility index (Phi) is 3.24. The number of para-hydroxylation sites is 1. The van der Waals surface area contributed by atoms with Gasteiger partial charge >= 0.3 is 0 Å². The van der Waals surface area contributed by atoms with E-state index in [-0.39, 0.29) is 0 Å². The van der Waals surface area contributed by atoms with Crippen molar-refractivity contribution in [3.8, 4) is 21.8 Å². The second-order valence-electron chi connectivity index (χ2n) is 5.13. The molecule has 3 aromatic heterocycles. The third kappa shape index (κ3) is 2.12. The largest absolute Gasteiger partial charge is 0.347 e. The van der Waals surface area contributed by atoms with Gasteiger partial charge in [0.25, 0.3) is 0 Å². The fourth-order valence-corrected chi connectivity index (χ4v) is 3.54. The molecule has 0 N–H and O–H groups in total. The first-order valence-electron chi connectivity index (χ1n) is 7.31. The molecule has 0 atom stereocenters. The molecular formula is C18H15N3S. The van der Waals surface area contributed by atoms with Crippen molar-refractivity contribution in [1.82, 2.24) is 14.5 Å². The summed E-state index contributed by atoms with van der Waals surface area (Å²) < 4.78 is 2.27. The predicted octanol–water partition coefficient (Wildman–Crippen LogP) is 4.85. The van der Waals surface area contributed by atoms with E-state index in [9.17, 15) is 0 Å². The normalized spacial score (nSPS) is 11.1. The van der Waals surface area contributed by atoms with Gasteiger partial charge in [0.15, 0.2) is 0 Å². The van der Waals surface area contributed by atoms with Crippen molar-refractivity contribution in [1.29, 1.82) is 0 Å². The molecule has 0 fully saturated rings. The summed E-state index contributed by atoms with van der Waals surface area (Å²) in [6.07, 6.45) is 5.84. The zero-order valence-electron chi connectivity index (χ0n) is 12.2. The fourth-order valence-electron chi connectivity index (χ4n) is 2.73. The number of pyridine rings is 1. The number of aryl methyl sites for hydroxylation is 1. The summed E-state index contributed by atoms with van der Waals surface area (Å²) in [4.78, 5) is 8.99. The number of nitrogens with zero attached hydrogens (tertiary/aromatic N) is 3. The number of fused-ring (bicyclic) bond motifs is 1. The van der Waals surface area contributed by atoms with E-state index in [2.05, 4.69) is 52.3 Å². The Morgan fingerprint density at radius 3 is 2.86 bits per heavy atom. The highest BCUT2D eigenvalue weighted by Gasteiger charge is 2.13. The molecule has 4 aromatic rings. The van der Waals surface area contributed by atoms with Gasteiger partial charge in [-0.3, -0.25) is 4.98 Å². The average molecular weight is 305 g/mol. The van der Waals surface area contributed by atoms with Gasteiger partial charge in [-0.15, -0.1) is 11.3 Å². The first-order valence-corrected chi connectivity index (χ1v) is 8.19. The average Bonchev–Trinajstić information content (AvgIpc) is 3.20. The Hall–Kier alpha value is -2.46. The summed E-state index contributed by atoms with van der Waals surface area (Å²) in [5, 5.41) is 4.40. The minimum atomic E-state index is 0.958. The predicted molar refractivity (Wildman–Crippen MR) is 92.0 cm³/mol. The van der Waals surface area contributed by atoms with E-state index in [1.807, 2.05) is 18.3 Å². The summed E-state index contributed by atoms with van der Waals surface area (Å²) in [5.74, 6) is 0. The van der Waals surface area contributed by atoms with Gasteiger partial charge in [0, 0.05) is 52.5 Å². The van der Waals surface area contributed by atoms with Crippen LogP contribution in [0.4, 0.5) is 0 Å². The molecule has 3 nitrogen and oxygen atoms in total. The molecule has 22 heavy (non-hydrogen) atoms. The molecule has 0 bridgehead atoms. The highest BCUT2D eigenvalue weighted by atomic mass is 32.1. The summed E-state index contributed by atoms with van der Waals surface area (Å²) in [6, 6.07) is 12.5. The van der Waals surface area contributed by atoms with Crippen LogP contribution in [0.2, 0.25) is 0 Å². The lowest BCUT2D eigenvalue weighted by molar-refractivity contribution is 0.798. The lowest BCUT2D eigenvalue weighted by atomic mass is 10.1. The number of rotatable bonds is 3. The Morgan fingerprint density at radius 2 is 2.05 bits per heavy atom. The van der Waals surface area contributed by atoms with Crippen LogP contribution in [0.1, 0.15) is 6.92 Å². The molecule has 0 saturated heterocycles. The lowest BCUT2D eigenvalue weighted by Gasteiger charge is -1.97. The quantitative estimate of drug-likeness (QED) is 0.542. The molecule has 0 aliphatic rings. The topological polar surface area (TPSA) is 30.7 Å². The summed E-state index contributed by atoms with van der Waals surface area (Å²) >= 11 is 1.66. The number of thiazole rings is 1. The molecule has 0 aliphatic heterocycles. The standard InChI is InChI=1S/C18H15N3S/c1-2-21-11-15(14-7-3-4-8-17(14)21)16-12-22-18(20-16)13-6-5-9-19-10-13/h3-12H,2H2,1H3. The van der Waals surface area contributed by atoms with Crippen LogP contribution in [0.25, 0.3) is 32.7 Å². The van der Waals surface area contributed by atoms with E-state index in [0.29, 0.717) is 0 Å². The third-order valence-corrected chi connectivity index (χ3v) is 4.71. The Bertz CT molecular complexity index is 922. The third-order valence-electron chi connectivity index (χ3n) is 3.82. The van der Waals surface area contributed by atoms with Crippen LogP contribution in [-0.2, 0) is 6.54 Å². The zero-order chi connectivity index (χ0) is 14.9. The molecular weight excluding hydrogens is 290 g/mol. The summed E-state index contributed by atoms with van der Waals surface area (Å²) in [5.41, 5.74) is 4.56. The van der Waals surface area contributed by atoms with Gasteiger partial charge in [0.2, 0.25) is 0 Å². The number of hydrogen-bond acceptors (Lipinski definition) is 3. The van der Waals surface area contributed by atoms with Gasteiger partial charge in [-0.05, 0) is 25.1 Å². The van der Waals surface area contributed by atoms with E-state index in [0.717, 1.165) is 22.8 Å². The maximum Gasteiger partial charge on any atom is 0.125 e. The minimum absolute atomic E-state index is 0.958. The first-order chi connectivity index (χ1) is 10.9. The fraction of sp³-hybridized carbons (Fsp3) is 0.111. The molecule has 4 heteroatoms. The van der Waals surface area contributed by atoms with Gasteiger partial charge < -0.3 is 4.57 Å². The number of hydrogen-bond donors (Lipinski definition) is 0. The van der Waals surface area contributed by atoms with Crippen LogP contribution < -0.4 is 0 Å². The molecule has 1 aromatic carbocycles. The van der Waals surface area contributed by atoms with Crippen molar-refractivity contribution < 1.29 is 0 Å². The first kappa shape index (κ1) is 13.2. The van der Waals surface area contributed by atoms with Gasteiger partial charge in [-0.25, -0.2) is 4.98 Å². The molecule has 3 heterocycles. The lowest BCUT2D eigenvalue weighted by Crippen LogP contribution is -1.89. The molecule has 0 amide bonds. The molecule has 0 radical (unpaired) electrons. The molecule has 0 aliphatic carbocycles. The van der Waals surface area contributed by atoms with Gasteiger partial charge in [-0.1, -0.05) is 18.2 Å².